The molecule has 6 heteroatoms. The largest absolute Gasteiger partial charge is 0.476 e. The predicted octanol–water partition coefficient (Wildman–Crippen LogP) is 2.05. The van der Waals surface area contributed by atoms with Crippen LogP contribution in [0.5, 0.6) is 0 Å². The lowest BCUT2D eigenvalue weighted by Crippen LogP contribution is -2.53. The highest BCUT2D eigenvalue weighted by Crippen LogP contribution is 2.38. The van der Waals surface area contributed by atoms with E-state index < -0.39 is 24.4 Å². The van der Waals surface area contributed by atoms with Crippen molar-refractivity contribution in [3.63, 3.8) is 0 Å². The lowest BCUT2D eigenvalue weighted by molar-refractivity contribution is -0.120. The van der Waals surface area contributed by atoms with Crippen LogP contribution in [0, 0.1) is 5.92 Å². The van der Waals surface area contributed by atoms with Crippen LogP contribution in [0.2, 0.25) is 0 Å². The zero-order valence-corrected chi connectivity index (χ0v) is 14.8. The molecule has 126 valence electrons. The third-order valence-electron chi connectivity index (χ3n) is 4.49. The summed E-state index contributed by atoms with van der Waals surface area (Å²) in [6, 6.07) is -0.399. The van der Waals surface area contributed by atoms with Crippen molar-refractivity contribution in [1.29, 1.82) is 0 Å². The molecule has 0 aliphatic carbocycles. The molecule has 1 aliphatic rings. The van der Waals surface area contributed by atoms with Crippen molar-refractivity contribution in [1.82, 2.24) is 5.32 Å². The van der Waals surface area contributed by atoms with Crippen molar-refractivity contribution in [2.45, 2.75) is 77.6 Å². The number of rotatable bonds is 8. The zero-order chi connectivity index (χ0) is 17.1. The van der Waals surface area contributed by atoms with Crippen LogP contribution in [0.3, 0.4) is 0 Å². The third-order valence-corrected chi connectivity index (χ3v) is 4.49. The molecule has 0 bridgehead atoms. The molecule has 0 aromatic rings. The average Bonchev–Trinajstić information content (AvgIpc) is 2.56. The summed E-state index contributed by atoms with van der Waals surface area (Å²) in [6.07, 6.45) is 3.12. The number of primary amides is 1. The first kappa shape index (κ1) is 19.2. The molecule has 22 heavy (non-hydrogen) atoms. The Morgan fingerprint density at radius 2 is 1.77 bits per heavy atom. The molecule has 0 spiro atoms. The maximum atomic E-state index is 11.7. The van der Waals surface area contributed by atoms with Crippen LogP contribution < -0.4 is 11.1 Å². The Labute approximate surface area is 135 Å². The van der Waals surface area contributed by atoms with E-state index in [1.807, 2.05) is 27.7 Å². The summed E-state index contributed by atoms with van der Waals surface area (Å²) < 4.78 is 12.2. The average molecular weight is 310 g/mol. The highest BCUT2D eigenvalue weighted by atomic mass is 16.7. The summed E-state index contributed by atoms with van der Waals surface area (Å²) in [5.41, 5.74) is 4.72. The number of nitrogens with one attached hydrogen (secondary N) is 1. The Morgan fingerprint density at radius 3 is 2.14 bits per heavy atom. The maximum Gasteiger partial charge on any atom is 0.476 e. The molecule has 1 fully saturated rings. The number of nitrogens with two attached hydrogens (primary N) is 1. The summed E-state index contributed by atoms with van der Waals surface area (Å²) in [5, 5.41) is 3.31. The summed E-state index contributed by atoms with van der Waals surface area (Å²) in [5.74, 6) is -0.137. The van der Waals surface area contributed by atoms with Crippen molar-refractivity contribution in [3.8, 4) is 0 Å². The fourth-order valence-corrected chi connectivity index (χ4v) is 2.49. The van der Waals surface area contributed by atoms with Crippen LogP contribution in [-0.2, 0) is 14.1 Å². The molecule has 1 unspecified atom stereocenters. The Morgan fingerprint density at radius 1 is 1.27 bits per heavy atom. The second-order valence-electron chi connectivity index (χ2n) is 7.51. The first-order valence-electron chi connectivity index (χ1n) is 8.02. The number of hydrogen-bond acceptors (Lipinski definition) is 4. The third kappa shape index (κ3) is 4.57. The number of hydrogen-bond donors (Lipinski definition) is 2. The van der Waals surface area contributed by atoms with Crippen LogP contribution >= 0.6 is 0 Å². The Hall–Kier alpha value is -0.845. The first-order chi connectivity index (χ1) is 10.00. The SMILES string of the molecule is C=CCC(N[C@@H](CC(C)C)C(N)=O)B1OC(C)(C)C(C)(C)O1. The Kier molecular flexibility index (Phi) is 6.24. The highest BCUT2D eigenvalue weighted by molar-refractivity contribution is 6.47. The van der Waals surface area contributed by atoms with Gasteiger partial charge in [0.25, 0.3) is 0 Å². The van der Waals surface area contributed by atoms with E-state index in [-0.39, 0.29) is 11.8 Å². The molecule has 0 aromatic carbocycles. The Balaban J connectivity index is 2.85. The van der Waals surface area contributed by atoms with Gasteiger partial charge in [-0.2, -0.15) is 0 Å². The molecule has 0 radical (unpaired) electrons. The molecule has 3 N–H and O–H groups in total. The van der Waals surface area contributed by atoms with Gasteiger partial charge in [0.05, 0.1) is 17.2 Å². The summed E-state index contributed by atoms with van der Waals surface area (Å²) >= 11 is 0. The summed E-state index contributed by atoms with van der Waals surface area (Å²) in [4.78, 5) is 11.7. The molecule has 1 heterocycles. The fourth-order valence-electron chi connectivity index (χ4n) is 2.49. The van der Waals surface area contributed by atoms with Crippen molar-refractivity contribution in [2.75, 3.05) is 0 Å². The lowest BCUT2D eigenvalue weighted by Gasteiger charge is -2.32. The van der Waals surface area contributed by atoms with E-state index in [1.54, 1.807) is 6.08 Å². The molecule has 1 rings (SSSR count). The summed E-state index contributed by atoms with van der Waals surface area (Å²) in [6.45, 7) is 16.0. The molecule has 0 aromatic heterocycles. The number of amides is 1. The predicted molar refractivity (Wildman–Crippen MR) is 90.3 cm³/mol. The minimum Gasteiger partial charge on any atom is -0.402 e. The maximum absolute atomic E-state index is 11.7. The van der Waals surface area contributed by atoms with E-state index in [0.717, 1.165) is 0 Å². The van der Waals surface area contributed by atoms with Gasteiger partial charge in [-0.3, -0.25) is 4.79 Å². The molecule has 5 nitrogen and oxygen atoms in total. The van der Waals surface area contributed by atoms with Gasteiger partial charge in [-0.05, 0) is 46.5 Å². The molecular formula is C16H31BN2O3. The van der Waals surface area contributed by atoms with E-state index in [0.29, 0.717) is 18.8 Å². The van der Waals surface area contributed by atoms with Crippen molar-refractivity contribution in [3.05, 3.63) is 12.7 Å². The van der Waals surface area contributed by atoms with Crippen molar-refractivity contribution >= 4 is 13.0 Å². The normalized spacial score (nSPS) is 22.6. The molecule has 1 aliphatic heterocycles. The number of carbonyl (C=O) groups excluding carboxylic acids is 1. The van der Waals surface area contributed by atoms with Crippen LogP contribution in [0.1, 0.15) is 54.4 Å². The molecule has 1 amide bonds. The van der Waals surface area contributed by atoms with Crippen molar-refractivity contribution in [2.24, 2.45) is 11.7 Å². The van der Waals surface area contributed by atoms with Gasteiger partial charge in [0.1, 0.15) is 0 Å². The highest BCUT2D eigenvalue weighted by Gasteiger charge is 2.53. The smallest absolute Gasteiger partial charge is 0.402 e. The van der Waals surface area contributed by atoms with Gasteiger partial charge in [-0.25, -0.2) is 0 Å². The topological polar surface area (TPSA) is 73.6 Å². The summed E-state index contributed by atoms with van der Waals surface area (Å²) in [7, 11) is -0.433. The van der Waals surface area contributed by atoms with Gasteiger partial charge in [0.15, 0.2) is 0 Å². The van der Waals surface area contributed by atoms with Gasteiger partial charge in [0, 0.05) is 5.94 Å². The first-order valence-corrected chi connectivity index (χ1v) is 8.02. The van der Waals surface area contributed by atoms with Crippen LogP contribution in [0.4, 0.5) is 0 Å². The fraction of sp³-hybridized carbons (Fsp3) is 0.812. The molecule has 0 saturated carbocycles. The standard InChI is InChI=1S/C16H31BN2O3/c1-8-9-13(19-12(14(18)20)10-11(2)3)17-21-15(4,5)16(6,7)22-17/h8,11-13,19H,1,9-10H2,2-7H3,(H2,18,20)/t12-,13?/m0/s1. The van der Waals surface area contributed by atoms with Crippen molar-refractivity contribution < 1.29 is 14.1 Å². The zero-order valence-electron chi connectivity index (χ0n) is 14.8. The minimum atomic E-state index is -0.433. The second kappa shape index (κ2) is 7.15. The van der Waals surface area contributed by atoms with Crippen LogP contribution in [0.25, 0.3) is 0 Å². The number of carbonyl (C=O) groups is 1. The van der Waals surface area contributed by atoms with E-state index in [1.165, 1.54) is 0 Å². The quantitative estimate of drug-likeness (QED) is 0.531. The molecule has 2 atom stereocenters. The molecule has 1 saturated heterocycles. The van der Waals surface area contributed by atoms with Gasteiger partial charge in [-0.15, -0.1) is 6.58 Å². The Bertz CT molecular complexity index is 394. The van der Waals surface area contributed by atoms with Gasteiger partial charge >= 0.3 is 7.12 Å². The van der Waals surface area contributed by atoms with Crippen LogP contribution in [-0.4, -0.2) is 36.2 Å². The van der Waals surface area contributed by atoms with E-state index in [4.69, 9.17) is 15.0 Å². The van der Waals surface area contributed by atoms with E-state index in [2.05, 4.69) is 25.7 Å². The lowest BCUT2D eigenvalue weighted by atomic mass is 9.75. The second-order valence-corrected chi connectivity index (χ2v) is 7.51. The van der Waals surface area contributed by atoms with Crippen LogP contribution in [0.15, 0.2) is 12.7 Å². The minimum absolute atomic E-state index is 0.158. The van der Waals surface area contributed by atoms with Gasteiger partial charge < -0.3 is 20.4 Å². The van der Waals surface area contributed by atoms with Gasteiger partial charge in [0.2, 0.25) is 5.91 Å². The monoisotopic (exact) mass is 310 g/mol. The van der Waals surface area contributed by atoms with E-state index >= 15 is 0 Å². The van der Waals surface area contributed by atoms with Gasteiger partial charge in [-0.1, -0.05) is 19.9 Å². The molecular weight excluding hydrogens is 279 g/mol. The van der Waals surface area contributed by atoms with E-state index in [9.17, 15) is 4.79 Å².